The molecule has 0 aliphatic rings. The van der Waals surface area contributed by atoms with Crippen LogP contribution >= 0.6 is 50.7 Å². The van der Waals surface area contributed by atoms with E-state index in [-0.39, 0.29) is 17.6 Å². The Labute approximate surface area is 162 Å². The maximum absolute atomic E-state index is 11.9. The molecule has 0 radical (unpaired) electrons. The Morgan fingerprint density at radius 3 is 2.61 bits per heavy atom. The Morgan fingerprint density at radius 2 is 1.96 bits per heavy atom. The third kappa shape index (κ3) is 6.08. The van der Waals surface area contributed by atoms with Gasteiger partial charge in [-0.1, -0.05) is 15.9 Å². The molecule has 0 unspecified atom stereocenters. The van der Waals surface area contributed by atoms with Gasteiger partial charge < -0.3 is 10.1 Å². The van der Waals surface area contributed by atoms with Gasteiger partial charge in [0.05, 0.1) is 0 Å². The van der Waals surface area contributed by atoms with E-state index in [1.54, 1.807) is 0 Å². The van der Waals surface area contributed by atoms with Crippen molar-refractivity contribution in [3.63, 3.8) is 0 Å². The highest BCUT2D eigenvalue weighted by Gasteiger charge is 2.07. The van der Waals surface area contributed by atoms with Crippen molar-refractivity contribution in [2.75, 3.05) is 11.9 Å². The molecule has 4 nitrogen and oxygen atoms in total. The first-order chi connectivity index (χ1) is 10.9. The lowest BCUT2D eigenvalue weighted by Gasteiger charge is -2.11. The van der Waals surface area contributed by atoms with Crippen molar-refractivity contribution in [1.29, 1.82) is 0 Å². The van der Waals surface area contributed by atoms with Gasteiger partial charge in [-0.25, -0.2) is 0 Å². The van der Waals surface area contributed by atoms with Crippen molar-refractivity contribution in [3.05, 3.63) is 56.1 Å². The molecule has 0 heterocycles. The normalized spacial score (nSPS) is 10.0. The number of carbonyl (C=O) groups excluding carboxylic acids is 1. The molecule has 7 heteroatoms. The van der Waals surface area contributed by atoms with Crippen LogP contribution in [-0.4, -0.2) is 17.6 Å². The second-order valence-corrected chi connectivity index (χ2v) is 7.28. The van der Waals surface area contributed by atoms with E-state index in [4.69, 9.17) is 17.0 Å². The van der Waals surface area contributed by atoms with E-state index in [2.05, 4.69) is 49.2 Å². The molecule has 120 valence electrons. The number of rotatable bonds is 4. The largest absolute Gasteiger partial charge is 0.483 e. The zero-order valence-corrected chi connectivity index (χ0v) is 16.8. The first-order valence-corrected chi connectivity index (χ1v) is 8.97. The molecular formula is C16H14BrIN2O2S. The summed E-state index contributed by atoms with van der Waals surface area (Å²) in [7, 11) is 0. The molecule has 2 N–H and O–H groups in total. The van der Waals surface area contributed by atoms with Crippen LogP contribution in [-0.2, 0) is 4.79 Å². The predicted molar refractivity (Wildman–Crippen MR) is 108 cm³/mol. The number of nitrogens with one attached hydrogen (secondary N) is 2. The van der Waals surface area contributed by atoms with Gasteiger partial charge in [0.15, 0.2) is 11.7 Å². The lowest BCUT2D eigenvalue weighted by Crippen LogP contribution is -2.37. The smallest absolute Gasteiger partial charge is 0.264 e. The highest BCUT2D eigenvalue weighted by molar-refractivity contribution is 14.1. The van der Waals surface area contributed by atoms with Gasteiger partial charge >= 0.3 is 0 Å². The summed E-state index contributed by atoms with van der Waals surface area (Å²) in [6, 6.07) is 13.3. The SMILES string of the molecule is Cc1cc(Br)ccc1OCC(=O)NC(=S)Nc1ccc(I)cc1. The van der Waals surface area contributed by atoms with Gasteiger partial charge in [-0.05, 0) is 89.8 Å². The van der Waals surface area contributed by atoms with Crippen LogP contribution in [0.4, 0.5) is 5.69 Å². The van der Waals surface area contributed by atoms with Crippen molar-refractivity contribution >= 4 is 67.4 Å². The topological polar surface area (TPSA) is 50.4 Å². The molecule has 2 rings (SSSR count). The van der Waals surface area contributed by atoms with Gasteiger partial charge in [0.2, 0.25) is 0 Å². The number of hydrogen-bond acceptors (Lipinski definition) is 3. The number of anilines is 1. The fourth-order valence-electron chi connectivity index (χ4n) is 1.78. The summed E-state index contributed by atoms with van der Waals surface area (Å²) in [5.41, 5.74) is 1.77. The van der Waals surface area contributed by atoms with Crippen molar-refractivity contribution in [2.45, 2.75) is 6.92 Å². The monoisotopic (exact) mass is 504 g/mol. The zero-order chi connectivity index (χ0) is 16.8. The van der Waals surface area contributed by atoms with Crippen LogP contribution in [0.15, 0.2) is 46.9 Å². The van der Waals surface area contributed by atoms with Crippen LogP contribution in [0.5, 0.6) is 5.75 Å². The molecule has 0 saturated carbocycles. The highest BCUT2D eigenvalue weighted by atomic mass is 127. The quantitative estimate of drug-likeness (QED) is 0.482. The third-order valence-electron chi connectivity index (χ3n) is 2.85. The Balaban J connectivity index is 1.82. The van der Waals surface area contributed by atoms with Gasteiger partial charge in [0.1, 0.15) is 5.75 Å². The minimum atomic E-state index is -0.310. The molecule has 0 spiro atoms. The second kappa shape index (κ2) is 8.60. The van der Waals surface area contributed by atoms with Crippen LogP contribution < -0.4 is 15.4 Å². The lowest BCUT2D eigenvalue weighted by molar-refractivity contribution is -0.121. The molecule has 2 aromatic rings. The minimum absolute atomic E-state index is 0.100. The van der Waals surface area contributed by atoms with Crippen LogP contribution in [0.2, 0.25) is 0 Å². The Morgan fingerprint density at radius 1 is 1.26 bits per heavy atom. The Hall–Kier alpha value is -1.19. The number of ether oxygens (including phenoxy) is 1. The van der Waals surface area contributed by atoms with Crippen LogP contribution in [0, 0.1) is 10.5 Å². The number of carbonyl (C=O) groups is 1. The van der Waals surface area contributed by atoms with E-state index >= 15 is 0 Å². The van der Waals surface area contributed by atoms with E-state index < -0.39 is 0 Å². The molecule has 2 aromatic carbocycles. The van der Waals surface area contributed by atoms with E-state index in [1.807, 2.05) is 49.4 Å². The summed E-state index contributed by atoms with van der Waals surface area (Å²) in [6.45, 7) is 1.82. The first kappa shape index (κ1) is 18.2. The van der Waals surface area contributed by atoms with Crippen molar-refractivity contribution in [3.8, 4) is 5.75 Å². The van der Waals surface area contributed by atoms with Crippen LogP contribution in [0.1, 0.15) is 5.56 Å². The molecule has 1 amide bonds. The summed E-state index contributed by atoms with van der Waals surface area (Å²) in [5.74, 6) is 0.357. The van der Waals surface area contributed by atoms with Crippen LogP contribution in [0.25, 0.3) is 0 Å². The van der Waals surface area contributed by atoms with Gasteiger partial charge in [0, 0.05) is 13.7 Å². The minimum Gasteiger partial charge on any atom is -0.483 e. The zero-order valence-electron chi connectivity index (χ0n) is 12.2. The molecular weight excluding hydrogens is 491 g/mol. The number of hydrogen-bond donors (Lipinski definition) is 2. The number of benzene rings is 2. The van der Waals surface area contributed by atoms with Gasteiger partial charge in [-0.3, -0.25) is 10.1 Å². The van der Waals surface area contributed by atoms with E-state index in [9.17, 15) is 4.79 Å². The number of amides is 1. The molecule has 0 aromatic heterocycles. The Kier molecular flexibility index (Phi) is 6.79. The van der Waals surface area contributed by atoms with Gasteiger partial charge in [0.25, 0.3) is 5.91 Å². The fourth-order valence-corrected chi connectivity index (χ4v) is 2.84. The second-order valence-electron chi connectivity index (χ2n) is 4.71. The maximum Gasteiger partial charge on any atom is 0.264 e. The standard InChI is InChI=1S/C16H14BrIN2O2S/c1-10-8-11(17)2-7-14(10)22-9-15(21)20-16(23)19-13-5-3-12(18)4-6-13/h2-8H,9H2,1H3,(H2,19,20,21,23). The summed E-state index contributed by atoms with van der Waals surface area (Å²) < 4.78 is 7.59. The predicted octanol–water partition coefficient (Wildman–Crippen LogP) is 4.25. The van der Waals surface area contributed by atoms with Gasteiger partial charge in [-0.15, -0.1) is 0 Å². The molecule has 0 aliphatic carbocycles. The molecule has 0 atom stereocenters. The lowest BCUT2D eigenvalue weighted by atomic mass is 10.2. The number of halogens is 2. The summed E-state index contributed by atoms with van der Waals surface area (Å²) in [6.07, 6.45) is 0. The summed E-state index contributed by atoms with van der Waals surface area (Å²) in [5, 5.41) is 5.78. The van der Waals surface area contributed by atoms with E-state index in [0.717, 1.165) is 19.3 Å². The summed E-state index contributed by atoms with van der Waals surface area (Å²) >= 11 is 10.7. The molecule has 0 bridgehead atoms. The van der Waals surface area contributed by atoms with E-state index in [1.165, 1.54) is 0 Å². The molecule has 23 heavy (non-hydrogen) atoms. The van der Waals surface area contributed by atoms with Crippen molar-refractivity contribution in [1.82, 2.24) is 5.32 Å². The highest BCUT2D eigenvalue weighted by Crippen LogP contribution is 2.21. The Bertz CT molecular complexity index is 723. The molecule has 0 aliphatic heterocycles. The number of aryl methyl sites for hydroxylation is 1. The van der Waals surface area contributed by atoms with Gasteiger partial charge in [-0.2, -0.15) is 0 Å². The fraction of sp³-hybridized carbons (Fsp3) is 0.125. The van der Waals surface area contributed by atoms with E-state index in [0.29, 0.717) is 5.75 Å². The summed E-state index contributed by atoms with van der Waals surface area (Å²) in [4.78, 5) is 11.9. The van der Waals surface area contributed by atoms with Crippen molar-refractivity contribution < 1.29 is 9.53 Å². The van der Waals surface area contributed by atoms with Crippen LogP contribution in [0.3, 0.4) is 0 Å². The number of thiocarbonyl (C=S) groups is 1. The average molecular weight is 505 g/mol. The molecule has 0 saturated heterocycles. The first-order valence-electron chi connectivity index (χ1n) is 6.69. The molecule has 0 fully saturated rings. The maximum atomic E-state index is 11.9. The third-order valence-corrected chi connectivity index (χ3v) is 4.27. The average Bonchev–Trinajstić information content (AvgIpc) is 2.48. The van der Waals surface area contributed by atoms with Crippen molar-refractivity contribution in [2.24, 2.45) is 0 Å².